The fourth-order valence-electron chi connectivity index (χ4n) is 3.17. The molecule has 1 N–H and O–H groups in total. The Kier molecular flexibility index (Phi) is 3.41. The van der Waals surface area contributed by atoms with Crippen molar-refractivity contribution in [1.82, 2.24) is 0 Å². The molecule has 0 aromatic heterocycles. The average molecular weight is 286 g/mol. The fraction of sp³-hybridized carbons (Fsp3) is 0.375. The Balaban J connectivity index is 1.99. The molecule has 5 heteroatoms. The van der Waals surface area contributed by atoms with Crippen molar-refractivity contribution in [3.8, 4) is 0 Å². The van der Waals surface area contributed by atoms with Crippen LogP contribution in [-0.4, -0.2) is 24.6 Å². The number of hydrogen-bond donors (Lipinski definition) is 1. The van der Waals surface area contributed by atoms with E-state index >= 15 is 0 Å². The summed E-state index contributed by atoms with van der Waals surface area (Å²) in [5.74, 6) is -1.52. The van der Waals surface area contributed by atoms with E-state index in [4.69, 9.17) is 4.74 Å². The Morgan fingerprint density at radius 1 is 1.43 bits per heavy atom. The number of carbonyl (C=O) groups excluding carboxylic acids is 2. The molecule has 1 aliphatic carbocycles. The number of nitrogens with one attached hydrogen (secondary N) is 1. The third-order valence-corrected chi connectivity index (χ3v) is 4.13. The summed E-state index contributed by atoms with van der Waals surface area (Å²) in [6.45, 7) is 2.09. The highest BCUT2D eigenvalue weighted by Crippen LogP contribution is 2.44. The quantitative estimate of drug-likeness (QED) is 0.664. The van der Waals surface area contributed by atoms with Gasteiger partial charge < -0.3 is 20.0 Å². The van der Waals surface area contributed by atoms with Crippen molar-refractivity contribution in [2.75, 3.05) is 11.9 Å². The summed E-state index contributed by atoms with van der Waals surface area (Å²) in [5.41, 5.74) is 2.17. The van der Waals surface area contributed by atoms with Crippen molar-refractivity contribution in [1.29, 1.82) is 0 Å². The second kappa shape index (κ2) is 5.24. The first kappa shape index (κ1) is 13.7. The Morgan fingerprint density at radius 3 is 2.95 bits per heavy atom. The number of esters is 1. The number of carbonyl (C=O) groups is 2. The number of anilines is 1. The van der Waals surface area contributed by atoms with Gasteiger partial charge in [-0.1, -0.05) is 12.2 Å². The van der Waals surface area contributed by atoms with E-state index in [-0.39, 0.29) is 17.8 Å². The summed E-state index contributed by atoms with van der Waals surface area (Å²) in [7, 11) is 0. The number of fused-ring (bicyclic) bond motifs is 3. The molecular weight excluding hydrogens is 270 g/mol. The van der Waals surface area contributed by atoms with E-state index in [2.05, 4.69) is 5.32 Å². The van der Waals surface area contributed by atoms with E-state index in [0.717, 1.165) is 11.3 Å². The summed E-state index contributed by atoms with van der Waals surface area (Å²) in [6.07, 6.45) is 4.69. The Hall–Kier alpha value is -2.30. The largest absolute Gasteiger partial charge is 0.548 e. The van der Waals surface area contributed by atoms with Gasteiger partial charge in [0.15, 0.2) is 0 Å². The molecule has 5 nitrogen and oxygen atoms in total. The Bertz CT molecular complexity index is 623. The first-order chi connectivity index (χ1) is 10.1. The molecule has 3 atom stereocenters. The maximum atomic E-state index is 11.8. The SMILES string of the molecule is CCOC(=O)c1ccc2c(c1)[C@H]1C=CC[C@H]1[C@H](C(=O)[O-])N2. The predicted molar refractivity (Wildman–Crippen MR) is 74.8 cm³/mol. The van der Waals surface area contributed by atoms with Gasteiger partial charge in [0.25, 0.3) is 0 Å². The standard InChI is InChI=1S/C16H17NO4/c1-2-21-16(20)9-6-7-13-12(8-9)10-4-3-5-11(10)14(17-13)15(18)19/h3-4,6-8,10-11,14,17H,2,5H2,1H3,(H,18,19)/p-1/t10-,11+,14+/m0/s1. The molecule has 2 aliphatic rings. The summed E-state index contributed by atoms with van der Waals surface area (Å²) < 4.78 is 5.01. The molecule has 1 aromatic carbocycles. The molecule has 0 unspecified atom stereocenters. The summed E-state index contributed by atoms with van der Waals surface area (Å²) in [6, 6.07) is 4.47. The first-order valence-electron chi connectivity index (χ1n) is 7.07. The lowest BCUT2D eigenvalue weighted by molar-refractivity contribution is -0.308. The van der Waals surface area contributed by atoms with Crippen LogP contribution in [0.3, 0.4) is 0 Å². The first-order valence-corrected chi connectivity index (χ1v) is 7.07. The van der Waals surface area contributed by atoms with Crippen molar-refractivity contribution < 1.29 is 19.4 Å². The number of ether oxygens (including phenoxy) is 1. The summed E-state index contributed by atoms with van der Waals surface area (Å²) in [4.78, 5) is 23.1. The molecule has 0 saturated heterocycles. The topological polar surface area (TPSA) is 78.5 Å². The lowest BCUT2D eigenvalue weighted by Crippen LogP contribution is -2.48. The molecule has 0 radical (unpaired) electrons. The molecule has 110 valence electrons. The lowest BCUT2D eigenvalue weighted by atomic mass is 9.79. The van der Waals surface area contributed by atoms with Gasteiger partial charge in [-0.25, -0.2) is 4.79 Å². The lowest BCUT2D eigenvalue weighted by Gasteiger charge is -2.37. The number of hydrogen-bond acceptors (Lipinski definition) is 5. The van der Waals surface area contributed by atoms with E-state index in [1.807, 2.05) is 12.2 Å². The Labute approximate surface area is 122 Å². The van der Waals surface area contributed by atoms with Gasteiger partial charge in [-0.05, 0) is 43.0 Å². The van der Waals surface area contributed by atoms with Gasteiger partial charge in [-0.3, -0.25) is 0 Å². The van der Waals surface area contributed by atoms with Crippen molar-refractivity contribution in [3.05, 3.63) is 41.5 Å². The molecule has 3 rings (SSSR count). The van der Waals surface area contributed by atoms with Gasteiger partial charge in [0, 0.05) is 11.6 Å². The molecule has 0 bridgehead atoms. The molecule has 0 amide bonds. The molecule has 1 aromatic rings. The van der Waals surface area contributed by atoms with Crippen molar-refractivity contribution >= 4 is 17.6 Å². The van der Waals surface area contributed by atoms with Crippen LogP contribution in [-0.2, 0) is 9.53 Å². The second-order valence-corrected chi connectivity index (χ2v) is 5.32. The minimum atomic E-state index is -1.09. The highest BCUT2D eigenvalue weighted by Gasteiger charge is 2.38. The number of carboxylic acids is 1. The molecular formula is C16H16NO4-. The second-order valence-electron chi connectivity index (χ2n) is 5.32. The number of carboxylic acid groups (broad SMARTS) is 1. The van der Waals surface area contributed by atoms with Crippen LogP contribution in [0.4, 0.5) is 5.69 Å². The number of allylic oxidation sites excluding steroid dienone is 2. The van der Waals surface area contributed by atoms with E-state index in [1.165, 1.54) is 0 Å². The van der Waals surface area contributed by atoms with Crippen molar-refractivity contribution in [2.24, 2.45) is 5.92 Å². The molecule has 0 spiro atoms. The maximum Gasteiger partial charge on any atom is 0.338 e. The average Bonchev–Trinajstić information content (AvgIpc) is 2.95. The smallest absolute Gasteiger partial charge is 0.338 e. The zero-order valence-electron chi connectivity index (χ0n) is 11.7. The van der Waals surface area contributed by atoms with Crippen LogP contribution in [0.1, 0.15) is 35.2 Å². The highest BCUT2D eigenvalue weighted by molar-refractivity contribution is 5.91. The van der Waals surface area contributed by atoms with Gasteiger partial charge >= 0.3 is 5.97 Å². The Morgan fingerprint density at radius 2 is 2.24 bits per heavy atom. The van der Waals surface area contributed by atoms with Gasteiger partial charge in [0.2, 0.25) is 0 Å². The maximum absolute atomic E-state index is 11.8. The molecule has 0 saturated carbocycles. The van der Waals surface area contributed by atoms with Crippen LogP contribution in [0.15, 0.2) is 30.4 Å². The third-order valence-electron chi connectivity index (χ3n) is 4.13. The van der Waals surface area contributed by atoms with E-state index < -0.39 is 12.0 Å². The zero-order valence-corrected chi connectivity index (χ0v) is 11.7. The van der Waals surface area contributed by atoms with Gasteiger partial charge in [-0.15, -0.1) is 0 Å². The minimum absolute atomic E-state index is 0.00136. The van der Waals surface area contributed by atoms with Crippen molar-refractivity contribution in [2.45, 2.75) is 25.3 Å². The normalized spacial score (nSPS) is 25.7. The predicted octanol–water partition coefficient (Wildman–Crippen LogP) is 1.07. The third kappa shape index (κ3) is 2.28. The van der Waals surface area contributed by atoms with Crippen LogP contribution in [0, 0.1) is 5.92 Å². The van der Waals surface area contributed by atoms with E-state index in [0.29, 0.717) is 18.6 Å². The van der Waals surface area contributed by atoms with Crippen LogP contribution in [0.2, 0.25) is 0 Å². The molecule has 0 fully saturated rings. The van der Waals surface area contributed by atoms with Crippen LogP contribution < -0.4 is 10.4 Å². The minimum Gasteiger partial charge on any atom is -0.548 e. The zero-order chi connectivity index (χ0) is 15.0. The highest BCUT2D eigenvalue weighted by atomic mass is 16.5. The van der Waals surface area contributed by atoms with Crippen molar-refractivity contribution in [3.63, 3.8) is 0 Å². The monoisotopic (exact) mass is 286 g/mol. The van der Waals surface area contributed by atoms with Gasteiger partial charge in [0.05, 0.1) is 24.2 Å². The molecule has 21 heavy (non-hydrogen) atoms. The summed E-state index contributed by atoms with van der Waals surface area (Å²) >= 11 is 0. The summed E-state index contributed by atoms with van der Waals surface area (Å²) in [5, 5.41) is 14.3. The van der Waals surface area contributed by atoms with E-state index in [1.54, 1.807) is 25.1 Å². The number of aliphatic carboxylic acids is 1. The molecule has 1 aliphatic heterocycles. The molecule has 1 heterocycles. The fourth-order valence-corrected chi connectivity index (χ4v) is 3.17. The van der Waals surface area contributed by atoms with Gasteiger partial charge in [0.1, 0.15) is 0 Å². The van der Waals surface area contributed by atoms with Gasteiger partial charge in [-0.2, -0.15) is 0 Å². The van der Waals surface area contributed by atoms with E-state index in [9.17, 15) is 14.7 Å². The number of benzene rings is 1. The van der Waals surface area contributed by atoms with Crippen LogP contribution >= 0.6 is 0 Å². The van der Waals surface area contributed by atoms with Crippen LogP contribution in [0.25, 0.3) is 0 Å². The number of rotatable bonds is 3. The van der Waals surface area contributed by atoms with Crippen LogP contribution in [0.5, 0.6) is 0 Å².